The van der Waals surface area contributed by atoms with Crippen LogP contribution < -0.4 is 11.1 Å². The first kappa shape index (κ1) is 16.2. The molecule has 0 bridgehead atoms. The predicted molar refractivity (Wildman–Crippen MR) is 74.0 cm³/mol. The number of amides is 1. The van der Waals surface area contributed by atoms with Crippen molar-refractivity contribution in [3.63, 3.8) is 0 Å². The van der Waals surface area contributed by atoms with Crippen LogP contribution in [0.3, 0.4) is 0 Å². The Hall–Kier alpha value is -0.770. The highest BCUT2D eigenvalue weighted by Crippen LogP contribution is 2.15. The molecule has 96 valence electrons. The van der Waals surface area contributed by atoms with Crippen LogP contribution in [0.2, 0.25) is 5.02 Å². The molecule has 0 heterocycles. The molecule has 0 aliphatic heterocycles. The summed E-state index contributed by atoms with van der Waals surface area (Å²) in [7, 11) is 0. The topological polar surface area (TPSA) is 55.1 Å². The maximum atomic E-state index is 11.8. The normalized spacial score (nSPS) is 10.6. The van der Waals surface area contributed by atoms with E-state index in [0.29, 0.717) is 17.1 Å². The molecule has 17 heavy (non-hydrogen) atoms. The number of hydrogen-bond donors (Lipinski definition) is 2. The second-order valence-corrected chi connectivity index (χ2v) is 5.07. The molecule has 5 heteroatoms. The van der Waals surface area contributed by atoms with Gasteiger partial charge in [0.05, 0.1) is 0 Å². The molecule has 0 saturated heterocycles. The van der Waals surface area contributed by atoms with Gasteiger partial charge in [0.2, 0.25) is 0 Å². The summed E-state index contributed by atoms with van der Waals surface area (Å²) in [6.45, 7) is 6.02. The Labute approximate surface area is 113 Å². The van der Waals surface area contributed by atoms with E-state index in [1.165, 1.54) is 0 Å². The van der Waals surface area contributed by atoms with Crippen LogP contribution in [-0.4, -0.2) is 18.0 Å². The SMILES string of the molecule is Cc1cc(Cl)ccc1C(=O)NCC(C)(C)N.Cl. The van der Waals surface area contributed by atoms with Gasteiger partial charge in [0.25, 0.3) is 5.91 Å². The third-order valence-electron chi connectivity index (χ3n) is 2.14. The quantitative estimate of drug-likeness (QED) is 0.892. The Kier molecular flexibility index (Phi) is 5.96. The highest BCUT2D eigenvalue weighted by atomic mass is 35.5. The zero-order chi connectivity index (χ0) is 12.3. The van der Waals surface area contributed by atoms with Crippen LogP contribution in [0.1, 0.15) is 29.8 Å². The third kappa shape index (κ3) is 5.39. The minimum atomic E-state index is -0.407. The molecule has 0 aromatic heterocycles. The summed E-state index contributed by atoms with van der Waals surface area (Å²) in [4.78, 5) is 11.8. The first-order valence-electron chi connectivity index (χ1n) is 5.13. The van der Waals surface area contributed by atoms with Crippen LogP contribution >= 0.6 is 24.0 Å². The van der Waals surface area contributed by atoms with Crippen molar-refractivity contribution in [3.05, 3.63) is 34.3 Å². The van der Waals surface area contributed by atoms with Crippen molar-refractivity contribution in [2.24, 2.45) is 5.73 Å². The largest absolute Gasteiger partial charge is 0.350 e. The average molecular weight is 277 g/mol. The maximum absolute atomic E-state index is 11.8. The molecule has 0 saturated carbocycles. The number of hydrogen-bond acceptors (Lipinski definition) is 2. The molecule has 1 aromatic carbocycles. The molecule has 0 fully saturated rings. The minimum Gasteiger partial charge on any atom is -0.350 e. The molecule has 1 aromatic rings. The monoisotopic (exact) mass is 276 g/mol. The Morgan fingerprint density at radius 2 is 2.06 bits per heavy atom. The van der Waals surface area contributed by atoms with Crippen molar-refractivity contribution >= 4 is 29.9 Å². The van der Waals surface area contributed by atoms with E-state index in [9.17, 15) is 4.79 Å². The van der Waals surface area contributed by atoms with Crippen molar-refractivity contribution in [3.8, 4) is 0 Å². The molecule has 1 rings (SSSR count). The molecule has 3 N–H and O–H groups in total. The van der Waals surface area contributed by atoms with E-state index >= 15 is 0 Å². The zero-order valence-electron chi connectivity index (χ0n) is 10.2. The van der Waals surface area contributed by atoms with Crippen molar-refractivity contribution in [1.82, 2.24) is 5.32 Å². The van der Waals surface area contributed by atoms with Crippen LogP contribution in [0.4, 0.5) is 0 Å². The van der Waals surface area contributed by atoms with E-state index in [0.717, 1.165) is 5.56 Å². The average Bonchev–Trinajstić information content (AvgIpc) is 2.13. The summed E-state index contributed by atoms with van der Waals surface area (Å²) in [5, 5.41) is 3.42. The van der Waals surface area contributed by atoms with Gasteiger partial charge in [-0.3, -0.25) is 4.79 Å². The van der Waals surface area contributed by atoms with Gasteiger partial charge in [-0.05, 0) is 44.5 Å². The Bertz CT molecular complexity index is 400. The molecular formula is C12H18Cl2N2O. The van der Waals surface area contributed by atoms with Gasteiger partial charge in [0, 0.05) is 22.7 Å². The van der Waals surface area contributed by atoms with Crippen molar-refractivity contribution in [2.75, 3.05) is 6.54 Å². The van der Waals surface area contributed by atoms with Gasteiger partial charge in [-0.1, -0.05) is 11.6 Å². The highest BCUT2D eigenvalue weighted by Gasteiger charge is 2.14. The molecule has 0 aliphatic rings. The van der Waals surface area contributed by atoms with E-state index in [1.807, 2.05) is 20.8 Å². The van der Waals surface area contributed by atoms with Crippen LogP contribution in [-0.2, 0) is 0 Å². The second-order valence-electron chi connectivity index (χ2n) is 4.63. The number of aryl methyl sites for hydroxylation is 1. The lowest BCUT2D eigenvalue weighted by molar-refractivity contribution is 0.0945. The van der Waals surface area contributed by atoms with Gasteiger partial charge >= 0.3 is 0 Å². The molecule has 0 aliphatic carbocycles. The lowest BCUT2D eigenvalue weighted by Gasteiger charge is -2.19. The molecule has 0 spiro atoms. The molecular weight excluding hydrogens is 259 g/mol. The lowest BCUT2D eigenvalue weighted by atomic mass is 10.1. The minimum absolute atomic E-state index is 0. The molecule has 0 radical (unpaired) electrons. The van der Waals surface area contributed by atoms with Gasteiger partial charge in [-0.25, -0.2) is 0 Å². The van der Waals surface area contributed by atoms with Gasteiger partial charge in [0.1, 0.15) is 0 Å². The highest BCUT2D eigenvalue weighted by molar-refractivity contribution is 6.30. The second kappa shape index (κ2) is 6.24. The van der Waals surface area contributed by atoms with Crippen LogP contribution in [0, 0.1) is 6.92 Å². The number of nitrogens with two attached hydrogens (primary N) is 1. The summed E-state index contributed by atoms with van der Waals surface area (Å²) in [5.74, 6) is -0.118. The number of rotatable bonds is 3. The van der Waals surface area contributed by atoms with Crippen LogP contribution in [0.15, 0.2) is 18.2 Å². The number of carbonyl (C=O) groups excluding carboxylic acids is 1. The summed E-state index contributed by atoms with van der Waals surface area (Å²) in [6, 6.07) is 5.19. The molecule has 0 unspecified atom stereocenters. The van der Waals surface area contributed by atoms with Gasteiger partial charge in [-0.2, -0.15) is 0 Å². The first-order valence-corrected chi connectivity index (χ1v) is 5.50. The number of carbonyl (C=O) groups is 1. The zero-order valence-corrected chi connectivity index (χ0v) is 11.8. The number of benzene rings is 1. The van der Waals surface area contributed by atoms with Crippen molar-refractivity contribution < 1.29 is 4.79 Å². The molecule has 3 nitrogen and oxygen atoms in total. The van der Waals surface area contributed by atoms with E-state index in [2.05, 4.69) is 5.32 Å². The maximum Gasteiger partial charge on any atom is 0.251 e. The van der Waals surface area contributed by atoms with Gasteiger partial charge in [0.15, 0.2) is 0 Å². The first-order chi connectivity index (χ1) is 7.29. The van der Waals surface area contributed by atoms with E-state index in [1.54, 1.807) is 18.2 Å². The smallest absolute Gasteiger partial charge is 0.251 e. The summed E-state index contributed by atoms with van der Waals surface area (Å²) in [5.41, 5.74) is 6.88. The fourth-order valence-electron chi connectivity index (χ4n) is 1.29. The van der Waals surface area contributed by atoms with E-state index in [4.69, 9.17) is 17.3 Å². The summed E-state index contributed by atoms with van der Waals surface area (Å²) < 4.78 is 0. The number of halogens is 2. The summed E-state index contributed by atoms with van der Waals surface area (Å²) in [6.07, 6.45) is 0. The Morgan fingerprint density at radius 1 is 1.47 bits per heavy atom. The molecule has 0 atom stereocenters. The van der Waals surface area contributed by atoms with Gasteiger partial charge in [-0.15, -0.1) is 12.4 Å². The fraction of sp³-hybridized carbons (Fsp3) is 0.417. The van der Waals surface area contributed by atoms with Crippen molar-refractivity contribution in [1.29, 1.82) is 0 Å². The van der Waals surface area contributed by atoms with Crippen LogP contribution in [0.5, 0.6) is 0 Å². The Balaban J connectivity index is 0.00000256. The molecule has 1 amide bonds. The lowest BCUT2D eigenvalue weighted by Crippen LogP contribution is -2.45. The standard InChI is InChI=1S/C12H17ClN2O.ClH/c1-8-6-9(13)4-5-10(8)11(16)15-7-12(2,3)14;/h4-6H,7,14H2,1-3H3,(H,15,16);1H. The van der Waals surface area contributed by atoms with Crippen molar-refractivity contribution in [2.45, 2.75) is 26.3 Å². The summed E-state index contributed by atoms with van der Waals surface area (Å²) >= 11 is 5.82. The number of nitrogens with one attached hydrogen (secondary N) is 1. The van der Waals surface area contributed by atoms with E-state index in [-0.39, 0.29) is 18.3 Å². The third-order valence-corrected chi connectivity index (χ3v) is 2.37. The van der Waals surface area contributed by atoms with E-state index < -0.39 is 5.54 Å². The predicted octanol–water partition coefficient (Wildman–Crippen LogP) is 2.54. The Morgan fingerprint density at radius 3 is 2.53 bits per heavy atom. The van der Waals surface area contributed by atoms with Gasteiger partial charge < -0.3 is 11.1 Å². The van der Waals surface area contributed by atoms with Crippen LogP contribution in [0.25, 0.3) is 0 Å². The fourth-order valence-corrected chi connectivity index (χ4v) is 1.51.